The molecule has 0 aliphatic carbocycles. The molecule has 8 heteroatoms. The Balaban J connectivity index is 2.42. The summed E-state index contributed by atoms with van der Waals surface area (Å²) in [6.07, 6.45) is 5.90. The highest BCUT2D eigenvalue weighted by atomic mass is 79.9. The number of hydrogen-bond donors (Lipinski definition) is 0. The molecule has 0 amide bonds. The Morgan fingerprint density at radius 3 is 2.77 bits per heavy atom. The molecule has 0 bridgehead atoms. The van der Waals surface area contributed by atoms with E-state index in [-0.39, 0.29) is 16.8 Å². The highest BCUT2D eigenvalue weighted by molar-refractivity contribution is 9.10. The van der Waals surface area contributed by atoms with Crippen molar-refractivity contribution in [3.05, 3.63) is 38.7 Å². The molecule has 2 rings (SSSR count). The van der Waals surface area contributed by atoms with Crippen LogP contribution in [0.15, 0.2) is 32.7 Å². The third-order valence-corrected chi connectivity index (χ3v) is 7.85. The number of rotatable bonds is 6. The molecule has 0 saturated carbocycles. The van der Waals surface area contributed by atoms with Crippen LogP contribution in [-0.4, -0.2) is 32.4 Å². The van der Waals surface area contributed by atoms with E-state index in [1.807, 2.05) is 20.8 Å². The van der Waals surface area contributed by atoms with Gasteiger partial charge in [-0.15, -0.1) is 16.1 Å². The molecule has 1 aromatic rings. The monoisotopic (exact) mass is 458 g/mol. The Kier molecular flexibility index (Phi) is 8.19. The van der Waals surface area contributed by atoms with Crippen LogP contribution in [0.4, 0.5) is 0 Å². The quantitative estimate of drug-likeness (QED) is 0.166. The van der Waals surface area contributed by atoms with E-state index < -0.39 is 11.4 Å². The molecule has 0 aromatic heterocycles. The second-order valence-electron chi connectivity index (χ2n) is 7.45. The fraction of sp³-hybridized carbons (Fsp3) is 0.667. The first-order valence-electron chi connectivity index (χ1n) is 8.84. The molecule has 1 aliphatic rings. The molecule has 3 atom stereocenters. The summed E-state index contributed by atoms with van der Waals surface area (Å²) in [5.74, 6) is 0. The molecule has 0 spiro atoms. The molecular weight excluding hydrogens is 432 g/mol. The smallest absolute Gasteiger partial charge is 0.137 e. The van der Waals surface area contributed by atoms with Gasteiger partial charge in [0.15, 0.2) is 0 Å². The fourth-order valence-electron chi connectivity index (χ4n) is 3.40. The van der Waals surface area contributed by atoms with Gasteiger partial charge >= 0.3 is 0 Å². The molecule has 144 valence electrons. The van der Waals surface area contributed by atoms with Gasteiger partial charge in [0.05, 0.1) is 12.1 Å². The SMILES string of the molecule is CSc1cc(Br)ccc1[C@@H]1CCC[C@@H](CCN=[N+]=[N-])N1[S+]([O-])C(C)(C)C. The molecule has 1 unspecified atom stereocenters. The topological polar surface area (TPSA) is 75.1 Å². The van der Waals surface area contributed by atoms with Gasteiger partial charge in [-0.1, -0.05) is 27.1 Å². The van der Waals surface area contributed by atoms with Crippen LogP contribution in [0.3, 0.4) is 0 Å². The predicted octanol–water partition coefficient (Wildman–Crippen LogP) is 6.23. The normalized spacial score (nSPS) is 22.7. The first-order chi connectivity index (χ1) is 12.3. The standard InChI is InChI=1S/C18H27BrN4OS2/c1-18(2,3)26(24)23-14(10-11-21-22-20)6-5-7-16(23)15-9-8-13(19)12-17(15)25-4/h8-9,12,14,16H,5-7,10-11H2,1-4H3/t14-,16-,26?/m0/s1. The molecule has 0 radical (unpaired) electrons. The minimum absolute atomic E-state index is 0.121. The fourth-order valence-corrected chi connectivity index (χ4v) is 6.16. The number of hydrogen-bond acceptors (Lipinski definition) is 4. The lowest BCUT2D eigenvalue weighted by molar-refractivity contribution is 0.168. The zero-order chi connectivity index (χ0) is 19.3. The number of thioether (sulfide) groups is 1. The summed E-state index contributed by atoms with van der Waals surface area (Å²) in [6.45, 7) is 6.52. The Bertz CT molecular complexity index is 661. The summed E-state index contributed by atoms with van der Waals surface area (Å²) in [5.41, 5.74) is 9.84. The first kappa shape index (κ1) is 21.9. The molecular formula is C18H27BrN4OS2. The van der Waals surface area contributed by atoms with E-state index in [0.717, 1.165) is 30.2 Å². The van der Waals surface area contributed by atoms with Gasteiger partial charge in [-0.05, 0) is 75.9 Å². The predicted molar refractivity (Wildman–Crippen MR) is 115 cm³/mol. The summed E-state index contributed by atoms with van der Waals surface area (Å²) in [5, 5.41) is 3.71. The van der Waals surface area contributed by atoms with Crippen LogP contribution >= 0.6 is 27.7 Å². The van der Waals surface area contributed by atoms with Crippen molar-refractivity contribution in [3.8, 4) is 0 Å². The number of benzene rings is 1. The maximum atomic E-state index is 13.4. The largest absolute Gasteiger partial charge is 0.597 e. The summed E-state index contributed by atoms with van der Waals surface area (Å²) >= 11 is 4.15. The van der Waals surface area contributed by atoms with Crippen LogP contribution in [0.5, 0.6) is 0 Å². The van der Waals surface area contributed by atoms with Crippen molar-refractivity contribution in [2.45, 2.75) is 68.2 Å². The Morgan fingerprint density at radius 1 is 1.42 bits per heavy atom. The highest BCUT2D eigenvalue weighted by Gasteiger charge is 2.44. The summed E-state index contributed by atoms with van der Waals surface area (Å²) in [4.78, 5) is 4.09. The third-order valence-electron chi connectivity index (χ3n) is 4.58. The summed E-state index contributed by atoms with van der Waals surface area (Å²) in [7, 11) is 0. The Labute approximate surface area is 172 Å². The minimum atomic E-state index is -1.13. The second-order valence-corrected chi connectivity index (χ2v) is 11.4. The van der Waals surface area contributed by atoms with E-state index >= 15 is 0 Å². The van der Waals surface area contributed by atoms with E-state index in [1.54, 1.807) is 11.8 Å². The van der Waals surface area contributed by atoms with Crippen molar-refractivity contribution >= 4 is 39.1 Å². The van der Waals surface area contributed by atoms with Gasteiger partial charge in [-0.3, -0.25) is 0 Å². The van der Waals surface area contributed by atoms with Crippen molar-refractivity contribution in [2.24, 2.45) is 5.11 Å². The Hall–Kier alpha value is -0.370. The summed E-state index contributed by atoms with van der Waals surface area (Å²) in [6, 6.07) is 6.65. The lowest BCUT2D eigenvalue weighted by Gasteiger charge is -2.45. The number of azide groups is 1. The van der Waals surface area contributed by atoms with Gasteiger partial charge in [0.25, 0.3) is 0 Å². The van der Waals surface area contributed by atoms with Crippen molar-refractivity contribution in [1.82, 2.24) is 4.31 Å². The van der Waals surface area contributed by atoms with Gasteiger partial charge in [-0.2, -0.15) is 0 Å². The minimum Gasteiger partial charge on any atom is -0.597 e. The van der Waals surface area contributed by atoms with Crippen molar-refractivity contribution in [3.63, 3.8) is 0 Å². The number of halogens is 1. The van der Waals surface area contributed by atoms with Gasteiger partial charge in [0.1, 0.15) is 4.75 Å². The van der Waals surface area contributed by atoms with Crippen LogP contribution < -0.4 is 0 Å². The zero-order valence-electron chi connectivity index (χ0n) is 15.8. The molecule has 1 fully saturated rings. The van der Waals surface area contributed by atoms with Crippen LogP contribution in [0.1, 0.15) is 58.1 Å². The number of nitrogens with zero attached hydrogens (tertiary/aromatic N) is 4. The lowest BCUT2D eigenvalue weighted by Crippen LogP contribution is -2.52. The molecule has 1 aromatic carbocycles. The van der Waals surface area contributed by atoms with Gasteiger partial charge in [0.2, 0.25) is 0 Å². The van der Waals surface area contributed by atoms with E-state index in [2.05, 4.69) is 54.7 Å². The summed E-state index contributed by atoms with van der Waals surface area (Å²) < 4.78 is 16.4. The lowest BCUT2D eigenvalue weighted by atomic mass is 9.92. The van der Waals surface area contributed by atoms with Gasteiger partial charge in [-0.25, -0.2) is 0 Å². The van der Waals surface area contributed by atoms with Crippen molar-refractivity contribution < 1.29 is 4.55 Å². The number of piperidine rings is 1. The average molecular weight is 459 g/mol. The van der Waals surface area contributed by atoms with Crippen LogP contribution in [-0.2, 0) is 11.4 Å². The first-order valence-corrected chi connectivity index (χ1v) is 12.0. The molecule has 0 N–H and O–H groups in total. The van der Waals surface area contributed by atoms with E-state index in [1.165, 1.54) is 10.5 Å². The molecule has 26 heavy (non-hydrogen) atoms. The van der Waals surface area contributed by atoms with Crippen LogP contribution in [0.25, 0.3) is 10.4 Å². The maximum Gasteiger partial charge on any atom is 0.137 e. The van der Waals surface area contributed by atoms with Crippen molar-refractivity contribution in [2.75, 3.05) is 12.8 Å². The van der Waals surface area contributed by atoms with E-state index in [9.17, 15) is 4.55 Å². The average Bonchev–Trinajstić information content (AvgIpc) is 2.60. The Morgan fingerprint density at radius 2 is 2.15 bits per heavy atom. The maximum absolute atomic E-state index is 13.4. The van der Waals surface area contributed by atoms with E-state index in [4.69, 9.17) is 5.53 Å². The zero-order valence-corrected chi connectivity index (χ0v) is 19.0. The van der Waals surface area contributed by atoms with Gasteiger partial charge < -0.3 is 4.55 Å². The van der Waals surface area contributed by atoms with Gasteiger partial charge in [0, 0.05) is 32.2 Å². The highest BCUT2D eigenvalue weighted by Crippen LogP contribution is 2.43. The van der Waals surface area contributed by atoms with Crippen LogP contribution in [0, 0.1) is 0 Å². The molecule has 5 nitrogen and oxygen atoms in total. The molecule has 1 saturated heterocycles. The second kappa shape index (κ2) is 9.71. The van der Waals surface area contributed by atoms with E-state index in [0.29, 0.717) is 6.54 Å². The van der Waals surface area contributed by atoms with Crippen LogP contribution in [0.2, 0.25) is 0 Å². The third kappa shape index (κ3) is 5.33. The van der Waals surface area contributed by atoms with Crippen molar-refractivity contribution in [1.29, 1.82) is 0 Å². The molecule has 1 aliphatic heterocycles. The molecule has 1 heterocycles.